The van der Waals surface area contributed by atoms with E-state index in [1.54, 1.807) is 18.2 Å². The Labute approximate surface area is 149 Å². The zero-order valence-electron chi connectivity index (χ0n) is 13.7. The summed E-state index contributed by atoms with van der Waals surface area (Å²) in [6, 6.07) is 7.58. The number of rotatable bonds is 6. The van der Waals surface area contributed by atoms with Crippen LogP contribution in [0.3, 0.4) is 0 Å². The molecule has 1 aliphatic rings. The second kappa shape index (κ2) is 7.35. The molecule has 1 fully saturated rings. The molecule has 132 valence electrons. The molecule has 1 saturated carbocycles. The van der Waals surface area contributed by atoms with Crippen molar-refractivity contribution in [3.8, 4) is 0 Å². The minimum atomic E-state index is -0.983. The normalized spacial score (nSPS) is 17.2. The van der Waals surface area contributed by atoms with Gasteiger partial charge in [0.25, 0.3) is 0 Å². The maximum Gasteiger partial charge on any atom is 0.305 e. The van der Waals surface area contributed by atoms with Crippen LogP contribution in [0.4, 0.5) is 4.39 Å². The van der Waals surface area contributed by atoms with Gasteiger partial charge in [-0.25, -0.2) is 4.39 Å². The minimum Gasteiger partial charge on any atom is -0.481 e. The first-order valence-corrected chi connectivity index (χ1v) is 9.27. The molecule has 0 spiro atoms. The average Bonchev–Trinajstić information content (AvgIpc) is 3.27. The van der Waals surface area contributed by atoms with Crippen molar-refractivity contribution in [2.45, 2.75) is 43.6 Å². The number of carbonyl (C=O) groups excluding carboxylic acids is 1. The van der Waals surface area contributed by atoms with Crippen molar-refractivity contribution in [3.05, 3.63) is 58.0 Å². The highest BCUT2D eigenvalue weighted by Gasteiger charge is 2.45. The highest BCUT2D eigenvalue weighted by molar-refractivity contribution is 7.08. The summed E-state index contributed by atoms with van der Waals surface area (Å²) >= 11 is 1.45. The zero-order chi connectivity index (χ0) is 17.9. The van der Waals surface area contributed by atoms with Crippen molar-refractivity contribution < 1.29 is 19.1 Å². The monoisotopic (exact) mass is 361 g/mol. The van der Waals surface area contributed by atoms with Gasteiger partial charge in [0, 0.05) is 5.56 Å². The van der Waals surface area contributed by atoms with Gasteiger partial charge in [0.05, 0.1) is 17.9 Å². The quantitative estimate of drug-likeness (QED) is 0.816. The fraction of sp³-hybridized carbons (Fsp3) is 0.368. The van der Waals surface area contributed by atoms with Gasteiger partial charge in [-0.2, -0.15) is 11.3 Å². The Bertz CT molecular complexity index is 754. The van der Waals surface area contributed by atoms with Gasteiger partial charge in [-0.3, -0.25) is 9.59 Å². The molecule has 4 nitrogen and oxygen atoms in total. The van der Waals surface area contributed by atoms with Crippen molar-refractivity contribution in [2.75, 3.05) is 0 Å². The van der Waals surface area contributed by atoms with Gasteiger partial charge in [0.15, 0.2) is 0 Å². The number of carbonyl (C=O) groups is 2. The lowest BCUT2D eigenvalue weighted by Gasteiger charge is -2.31. The summed E-state index contributed by atoms with van der Waals surface area (Å²) in [5.74, 6) is -1.65. The fourth-order valence-corrected chi connectivity index (χ4v) is 4.36. The van der Waals surface area contributed by atoms with Crippen LogP contribution in [-0.4, -0.2) is 17.0 Å². The van der Waals surface area contributed by atoms with Gasteiger partial charge in [0.1, 0.15) is 5.82 Å². The number of aliphatic carboxylic acids is 1. The largest absolute Gasteiger partial charge is 0.481 e. The lowest BCUT2D eigenvalue weighted by molar-refractivity contribution is -0.138. The number of benzene rings is 1. The number of amides is 1. The summed E-state index contributed by atoms with van der Waals surface area (Å²) in [5, 5.41) is 15.7. The third kappa shape index (κ3) is 3.58. The number of carboxylic acids is 1. The van der Waals surface area contributed by atoms with Crippen molar-refractivity contribution in [1.29, 1.82) is 0 Å². The molecule has 2 N–H and O–H groups in total. The van der Waals surface area contributed by atoms with Gasteiger partial charge in [-0.05, 0) is 41.3 Å². The van der Waals surface area contributed by atoms with Gasteiger partial charge in [0.2, 0.25) is 5.91 Å². The van der Waals surface area contributed by atoms with Crippen molar-refractivity contribution in [1.82, 2.24) is 5.32 Å². The average molecular weight is 361 g/mol. The second-order valence-corrected chi connectivity index (χ2v) is 7.23. The van der Waals surface area contributed by atoms with Crippen LogP contribution in [-0.2, 0) is 15.0 Å². The summed E-state index contributed by atoms with van der Waals surface area (Å²) < 4.78 is 14.4. The SMILES string of the molecule is O=C(O)CC(NC(=O)C1(c2ccccc2F)CCCC1)c1ccsc1. The highest BCUT2D eigenvalue weighted by Crippen LogP contribution is 2.43. The van der Waals surface area contributed by atoms with Gasteiger partial charge in [-0.15, -0.1) is 0 Å². The topological polar surface area (TPSA) is 66.4 Å². The van der Waals surface area contributed by atoms with E-state index < -0.39 is 17.4 Å². The Morgan fingerprint density at radius 1 is 1.24 bits per heavy atom. The number of nitrogens with one attached hydrogen (secondary N) is 1. The molecule has 2 aromatic rings. The van der Waals surface area contributed by atoms with E-state index in [9.17, 15) is 19.1 Å². The molecule has 1 atom stereocenters. The molecule has 0 bridgehead atoms. The molecular formula is C19H20FNO3S. The van der Waals surface area contributed by atoms with E-state index in [1.165, 1.54) is 17.4 Å². The van der Waals surface area contributed by atoms with E-state index in [0.717, 1.165) is 18.4 Å². The molecule has 0 radical (unpaired) electrons. The van der Waals surface area contributed by atoms with Crippen LogP contribution in [0.2, 0.25) is 0 Å². The molecule has 1 amide bonds. The van der Waals surface area contributed by atoms with Crippen LogP contribution >= 0.6 is 11.3 Å². The van der Waals surface area contributed by atoms with Gasteiger partial charge < -0.3 is 10.4 Å². The van der Waals surface area contributed by atoms with Crippen LogP contribution in [0.25, 0.3) is 0 Å². The van der Waals surface area contributed by atoms with Gasteiger partial charge in [-0.1, -0.05) is 31.0 Å². The summed E-state index contributed by atoms with van der Waals surface area (Å²) in [7, 11) is 0. The van der Waals surface area contributed by atoms with Crippen molar-refractivity contribution >= 4 is 23.2 Å². The van der Waals surface area contributed by atoms with Crippen LogP contribution < -0.4 is 5.32 Å². The molecule has 0 saturated heterocycles. The van der Waals surface area contributed by atoms with E-state index in [2.05, 4.69) is 5.32 Å². The molecule has 3 rings (SSSR count). The van der Waals surface area contributed by atoms with Crippen LogP contribution in [0.5, 0.6) is 0 Å². The van der Waals surface area contributed by atoms with E-state index in [-0.39, 0.29) is 18.1 Å². The minimum absolute atomic E-state index is 0.199. The first kappa shape index (κ1) is 17.6. The zero-order valence-corrected chi connectivity index (χ0v) is 14.5. The Hall–Kier alpha value is -2.21. The number of hydrogen-bond acceptors (Lipinski definition) is 3. The molecular weight excluding hydrogens is 341 g/mol. The fourth-order valence-electron chi connectivity index (χ4n) is 3.64. The number of hydrogen-bond donors (Lipinski definition) is 2. The molecule has 1 heterocycles. The Morgan fingerprint density at radius 3 is 2.56 bits per heavy atom. The Kier molecular flexibility index (Phi) is 5.18. The third-order valence-electron chi connectivity index (χ3n) is 4.91. The molecule has 1 aromatic heterocycles. The second-order valence-electron chi connectivity index (χ2n) is 6.45. The van der Waals surface area contributed by atoms with E-state index >= 15 is 0 Å². The first-order chi connectivity index (χ1) is 12.0. The molecule has 1 unspecified atom stereocenters. The summed E-state index contributed by atoms with van der Waals surface area (Å²) in [4.78, 5) is 24.3. The van der Waals surface area contributed by atoms with Crippen LogP contribution in [0, 0.1) is 5.82 Å². The molecule has 25 heavy (non-hydrogen) atoms. The Balaban J connectivity index is 1.90. The smallest absolute Gasteiger partial charge is 0.305 e. The number of halogens is 1. The standard InChI is InChI=1S/C19H20FNO3S/c20-15-6-2-1-5-14(15)19(8-3-4-9-19)18(24)21-16(11-17(22)23)13-7-10-25-12-13/h1-2,5-7,10,12,16H,3-4,8-9,11H2,(H,21,24)(H,22,23). The Morgan fingerprint density at radius 2 is 1.96 bits per heavy atom. The van der Waals surface area contributed by atoms with Crippen LogP contribution in [0.15, 0.2) is 41.1 Å². The predicted octanol–water partition coefficient (Wildman–Crippen LogP) is 4.03. The summed E-state index contributed by atoms with van der Waals surface area (Å²) in [5.41, 5.74) is 0.254. The highest BCUT2D eigenvalue weighted by atomic mass is 32.1. The van der Waals surface area contributed by atoms with Gasteiger partial charge >= 0.3 is 5.97 Å². The van der Waals surface area contributed by atoms with Crippen LogP contribution in [0.1, 0.15) is 49.3 Å². The molecule has 0 aliphatic heterocycles. The summed E-state index contributed by atoms with van der Waals surface area (Å²) in [6.45, 7) is 0. The number of carboxylic acid groups (broad SMARTS) is 1. The van der Waals surface area contributed by atoms with E-state index in [4.69, 9.17) is 0 Å². The predicted molar refractivity (Wildman–Crippen MR) is 94.0 cm³/mol. The molecule has 1 aromatic carbocycles. The maximum atomic E-state index is 14.4. The van der Waals surface area contributed by atoms with E-state index in [1.807, 2.05) is 16.8 Å². The summed E-state index contributed by atoms with van der Waals surface area (Å²) in [6.07, 6.45) is 2.65. The lowest BCUT2D eigenvalue weighted by Crippen LogP contribution is -2.45. The first-order valence-electron chi connectivity index (χ1n) is 8.33. The van der Waals surface area contributed by atoms with Crippen molar-refractivity contribution in [2.24, 2.45) is 0 Å². The van der Waals surface area contributed by atoms with Crippen molar-refractivity contribution in [3.63, 3.8) is 0 Å². The maximum absolute atomic E-state index is 14.4. The number of thiophene rings is 1. The molecule has 1 aliphatic carbocycles. The van der Waals surface area contributed by atoms with E-state index in [0.29, 0.717) is 18.4 Å². The lowest BCUT2D eigenvalue weighted by atomic mass is 9.77. The molecule has 6 heteroatoms. The third-order valence-corrected chi connectivity index (χ3v) is 5.61.